The molecule has 0 saturated heterocycles. The quantitative estimate of drug-likeness (QED) is 0.884. The summed E-state index contributed by atoms with van der Waals surface area (Å²) in [4.78, 5) is 3.94. The van der Waals surface area contributed by atoms with Gasteiger partial charge in [0, 0.05) is 17.1 Å². The van der Waals surface area contributed by atoms with Gasteiger partial charge >= 0.3 is 0 Å². The second kappa shape index (κ2) is 5.09. The molecule has 0 unspecified atom stereocenters. The van der Waals surface area contributed by atoms with Crippen molar-refractivity contribution in [1.82, 2.24) is 20.1 Å². The first-order valence-corrected chi connectivity index (χ1v) is 5.54. The molecule has 16 heavy (non-hydrogen) atoms. The van der Waals surface area contributed by atoms with Crippen LogP contribution in [0.15, 0.2) is 30.9 Å². The van der Waals surface area contributed by atoms with Gasteiger partial charge in [-0.1, -0.05) is 24.6 Å². The van der Waals surface area contributed by atoms with Crippen LogP contribution < -0.4 is 5.32 Å². The summed E-state index contributed by atoms with van der Waals surface area (Å²) in [5.41, 5.74) is 2.00. The molecule has 5 heteroatoms. The number of nitrogens with zero attached hydrogens (tertiary/aromatic N) is 3. The van der Waals surface area contributed by atoms with E-state index < -0.39 is 0 Å². The first-order valence-electron chi connectivity index (χ1n) is 5.16. The highest BCUT2D eigenvalue weighted by molar-refractivity contribution is 6.31. The van der Waals surface area contributed by atoms with Crippen molar-refractivity contribution < 1.29 is 0 Å². The van der Waals surface area contributed by atoms with Gasteiger partial charge in [0.25, 0.3) is 0 Å². The summed E-state index contributed by atoms with van der Waals surface area (Å²) < 4.78 is 1.72. The van der Waals surface area contributed by atoms with E-state index in [2.05, 4.69) is 22.3 Å². The Morgan fingerprint density at radius 1 is 1.44 bits per heavy atom. The zero-order valence-electron chi connectivity index (χ0n) is 9.02. The van der Waals surface area contributed by atoms with Gasteiger partial charge in [0.2, 0.25) is 0 Å². The average molecular weight is 237 g/mol. The highest BCUT2D eigenvalue weighted by Gasteiger charge is 2.08. The second-order valence-electron chi connectivity index (χ2n) is 3.36. The fraction of sp³-hybridized carbons (Fsp3) is 0.273. The van der Waals surface area contributed by atoms with E-state index in [0.29, 0.717) is 0 Å². The van der Waals surface area contributed by atoms with Gasteiger partial charge in [0.15, 0.2) is 0 Å². The predicted octanol–water partition coefficient (Wildman–Crippen LogP) is 2.03. The summed E-state index contributed by atoms with van der Waals surface area (Å²) in [5, 5.41) is 8.12. The van der Waals surface area contributed by atoms with Crippen LogP contribution in [0.5, 0.6) is 0 Å². The summed E-state index contributed by atoms with van der Waals surface area (Å²) in [5.74, 6) is 0. The summed E-state index contributed by atoms with van der Waals surface area (Å²) in [6.07, 6.45) is 3.18. The van der Waals surface area contributed by atoms with Crippen LogP contribution in [0.3, 0.4) is 0 Å². The number of benzene rings is 1. The molecule has 0 aliphatic rings. The van der Waals surface area contributed by atoms with Crippen LogP contribution in [0.2, 0.25) is 5.02 Å². The van der Waals surface area contributed by atoms with E-state index in [0.717, 1.165) is 29.4 Å². The molecule has 1 aromatic heterocycles. The van der Waals surface area contributed by atoms with Crippen molar-refractivity contribution in [2.45, 2.75) is 13.5 Å². The number of hydrogen-bond donors (Lipinski definition) is 1. The number of nitrogens with one attached hydrogen (secondary N) is 1. The summed E-state index contributed by atoms with van der Waals surface area (Å²) in [7, 11) is 0. The molecule has 1 N–H and O–H groups in total. The predicted molar refractivity (Wildman–Crippen MR) is 63.7 cm³/mol. The second-order valence-corrected chi connectivity index (χ2v) is 3.77. The molecule has 84 valence electrons. The maximum Gasteiger partial charge on any atom is 0.138 e. The normalized spacial score (nSPS) is 10.6. The highest BCUT2D eigenvalue weighted by atomic mass is 35.5. The fourth-order valence-electron chi connectivity index (χ4n) is 1.52. The van der Waals surface area contributed by atoms with Crippen molar-refractivity contribution in [3.63, 3.8) is 0 Å². The van der Waals surface area contributed by atoms with Crippen molar-refractivity contribution in [1.29, 1.82) is 0 Å². The van der Waals surface area contributed by atoms with E-state index in [4.69, 9.17) is 11.6 Å². The largest absolute Gasteiger partial charge is 0.313 e. The van der Waals surface area contributed by atoms with Gasteiger partial charge in [-0.25, -0.2) is 9.67 Å². The lowest BCUT2D eigenvalue weighted by Gasteiger charge is -2.11. The van der Waals surface area contributed by atoms with Gasteiger partial charge in [0.05, 0.1) is 5.69 Å². The standard InChI is InChI=1S/C11H13ClN4/c1-2-13-6-9-10(12)4-3-5-11(9)16-8-14-7-15-16/h3-5,7-8,13H,2,6H2,1H3. The Morgan fingerprint density at radius 3 is 3.00 bits per heavy atom. The molecule has 0 aliphatic carbocycles. The first-order chi connectivity index (χ1) is 7.83. The molecule has 0 radical (unpaired) electrons. The zero-order valence-corrected chi connectivity index (χ0v) is 9.78. The molecule has 2 aromatic rings. The SMILES string of the molecule is CCNCc1c(Cl)cccc1-n1cncn1. The van der Waals surface area contributed by atoms with Crippen LogP contribution in [0.1, 0.15) is 12.5 Å². The highest BCUT2D eigenvalue weighted by Crippen LogP contribution is 2.22. The zero-order chi connectivity index (χ0) is 11.4. The topological polar surface area (TPSA) is 42.7 Å². The maximum atomic E-state index is 6.18. The van der Waals surface area contributed by atoms with Crippen LogP contribution >= 0.6 is 11.6 Å². The Kier molecular flexibility index (Phi) is 3.54. The molecule has 2 rings (SSSR count). The number of rotatable bonds is 4. The number of aromatic nitrogens is 3. The minimum atomic E-state index is 0.728. The van der Waals surface area contributed by atoms with Crippen LogP contribution in [-0.2, 0) is 6.54 Å². The summed E-state index contributed by atoms with van der Waals surface area (Å²) in [6.45, 7) is 3.69. The monoisotopic (exact) mass is 236 g/mol. The van der Waals surface area contributed by atoms with Crippen molar-refractivity contribution in [2.24, 2.45) is 0 Å². The lowest BCUT2D eigenvalue weighted by Crippen LogP contribution is -2.14. The molecular formula is C11H13ClN4. The molecule has 0 fully saturated rings. The maximum absolute atomic E-state index is 6.18. The minimum absolute atomic E-state index is 0.728. The lowest BCUT2D eigenvalue weighted by molar-refractivity contribution is 0.717. The molecule has 0 amide bonds. The molecule has 0 saturated carbocycles. The molecule has 1 aromatic carbocycles. The van der Waals surface area contributed by atoms with E-state index >= 15 is 0 Å². The molecule has 1 heterocycles. The summed E-state index contributed by atoms with van der Waals surface area (Å²) in [6, 6.07) is 5.77. The first kappa shape index (κ1) is 11.1. The van der Waals surface area contributed by atoms with E-state index in [-0.39, 0.29) is 0 Å². The Balaban J connectivity index is 2.40. The third-order valence-corrected chi connectivity index (χ3v) is 2.67. The fourth-order valence-corrected chi connectivity index (χ4v) is 1.76. The Bertz CT molecular complexity index is 453. The third-order valence-electron chi connectivity index (χ3n) is 2.31. The Labute approximate surface area is 99.3 Å². The van der Waals surface area contributed by atoms with Gasteiger partial charge in [-0.15, -0.1) is 0 Å². The van der Waals surface area contributed by atoms with Gasteiger partial charge < -0.3 is 5.32 Å². The van der Waals surface area contributed by atoms with E-state index in [1.54, 1.807) is 11.0 Å². The van der Waals surface area contributed by atoms with Crippen LogP contribution in [-0.4, -0.2) is 21.3 Å². The average Bonchev–Trinajstić information content (AvgIpc) is 2.80. The minimum Gasteiger partial charge on any atom is -0.313 e. The van der Waals surface area contributed by atoms with Crippen molar-refractivity contribution >= 4 is 11.6 Å². The van der Waals surface area contributed by atoms with Gasteiger partial charge in [-0.3, -0.25) is 0 Å². The van der Waals surface area contributed by atoms with Crippen molar-refractivity contribution in [3.8, 4) is 5.69 Å². The number of halogens is 1. The van der Waals surface area contributed by atoms with Crippen LogP contribution in [0.25, 0.3) is 5.69 Å². The lowest BCUT2D eigenvalue weighted by atomic mass is 10.1. The molecule has 0 spiro atoms. The smallest absolute Gasteiger partial charge is 0.138 e. The molecule has 0 atom stereocenters. The van der Waals surface area contributed by atoms with Gasteiger partial charge in [-0.2, -0.15) is 5.10 Å². The molecule has 0 bridgehead atoms. The van der Waals surface area contributed by atoms with E-state index in [1.165, 1.54) is 6.33 Å². The van der Waals surface area contributed by atoms with Crippen LogP contribution in [0, 0.1) is 0 Å². The van der Waals surface area contributed by atoms with Gasteiger partial charge in [-0.05, 0) is 18.7 Å². The summed E-state index contributed by atoms with van der Waals surface area (Å²) >= 11 is 6.18. The molecule has 4 nitrogen and oxygen atoms in total. The van der Waals surface area contributed by atoms with Gasteiger partial charge in [0.1, 0.15) is 12.7 Å². The number of hydrogen-bond acceptors (Lipinski definition) is 3. The Hall–Kier alpha value is -1.39. The molecular weight excluding hydrogens is 224 g/mol. The van der Waals surface area contributed by atoms with E-state index in [1.807, 2.05) is 18.2 Å². The van der Waals surface area contributed by atoms with Crippen LogP contribution in [0.4, 0.5) is 0 Å². The third kappa shape index (κ3) is 2.23. The van der Waals surface area contributed by atoms with Crippen molar-refractivity contribution in [3.05, 3.63) is 41.4 Å². The molecule has 0 aliphatic heterocycles. The van der Waals surface area contributed by atoms with E-state index in [9.17, 15) is 0 Å². The van der Waals surface area contributed by atoms with Crippen molar-refractivity contribution in [2.75, 3.05) is 6.54 Å². The Morgan fingerprint density at radius 2 is 2.31 bits per heavy atom.